The van der Waals surface area contributed by atoms with Gasteiger partial charge in [0.25, 0.3) is 0 Å². The summed E-state index contributed by atoms with van der Waals surface area (Å²) in [6.07, 6.45) is 0. The molecule has 1 aliphatic rings. The van der Waals surface area contributed by atoms with E-state index in [2.05, 4.69) is 10.2 Å². The van der Waals surface area contributed by atoms with Crippen LogP contribution in [0.5, 0.6) is 0 Å². The van der Waals surface area contributed by atoms with Crippen molar-refractivity contribution in [2.45, 2.75) is 4.90 Å². The Kier molecular flexibility index (Phi) is 6.37. The third kappa shape index (κ3) is 4.63. The topological polar surface area (TPSA) is 41.6 Å². The van der Waals surface area contributed by atoms with Gasteiger partial charge in [0.2, 0.25) is 5.91 Å². The number of thioether (sulfide) groups is 1. The van der Waals surface area contributed by atoms with Crippen LogP contribution in [0.1, 0.15) is 0 Å². The molecule has 0 saturated carbocycles. The van der Waals surface area contributed by atoms with E-state index >= 15 is 0 Å². The number of amides is 1. The number of hydrogen-bond donors (Lipinski definition) is 1. The third-order valence-corrected chi connectivity index (χ3v) is 5.40. The van der Waals surface area contributed by atoms with Crippen molar-refractivity contribution in [3.05, 3.63) is 41.4 Å². The van der Waals surface area contributed by atoms with Gasteiger partial charge in [0, 0.05) is 41.5 Å². The van der Waals surface area contributed by atoms with Gasteiger partial charge in [-0.1, -0.05) is 35.9 Å². The Hall–Kier alpha value is -1.27. The molecule has 1 amide bonds. The van der Waals surface area contributed by atoms with Crippen molar-refractivity contribution in [1.29, 1.82) is 0 Å². The van der Waals surface area contributed by atoms with Gasteiger partial charge in [-0.05, 0) is 17.5 Å². The first-order valence-corrected chi connectivity index (χ1v) is 9.47. The third-order valence-electron chi connectivity index (χ3n) is 4.03. The molecule has 0 atom stereocenters. The van der Waals surface area contributed by atoms with Gasteiger partial charge >= 0.3 is 0 Å². The Balaban J connectivity index is 1.49. The molecule has 0 aromatic heterocycles. The van der Waals surface area contributed by atoms with Gasteiger partial charge in [-0.3, -0.25) is 9.69 Å². The van der Waals surface area contributed by atoms with Crippen molar-refractivity contribution in [1.82, 2.24) is 10.2 Å². The number of carbonyl (C=O) groups is 1. The molecule has 1 aliphatic heterocycles. The second kappa shape index (κ2) is 8.72. The molecule has 3 rings (SSSR count). The van der Waals surface area contributed by atoms with Crippen LogP contribution in [0.25, 0.3) is 10.8 Å². The van der Waals surface area contributed by atoms with Crippen molar-refractivity contribution in [3.63, 3.8) is 0 Å². The smallest absolute Gasteiger partial charge is 0.230 e. The SMILES string of the molecule is O=C(CSc1cccc2cccc(Cl)c12)NCCN1CCOCC1. The number of fused-ring (bicyclic) bond motifs is 1. The van der Waals surface area contributed by atoms with Gasteiger partial charge in [0.15, 0.2) is 0 Å². The van der Waals surface area contributed by atoms with E-state index in [1.807, 2.05) is 36.4 Å². The minimum Gasteiger partial charge on any atom is -0.379 e. The fraction of sp³-hybridized carbons (Fsp3) is 0.389. The maximum absolute atomic E-state index is 12.1. The lowest BCUT2D eigenvalue weighted by Gasteiger charge is -2.26. The maximum Gasteiger partial charge on any atom is 0.230 e. The number of halogens is 1. The molecule has 6 heteroatoms. The molecular formula is C18H21ClN2O2S. The van der Waals surface area contributed by atoms with Gasteiger partial charge in [0.1, 0.15) is 0 Å². The zero-order valence-corrected chi connectivity index (χ0v) is 15.0. The summed E-state index contributed by atoms with van der Waals surface area (Å²) in [5.41, 5.74) is 0. The minimum atomic E-state index is 0.0531. The highest BCUT2D eigenvalue weighted by molar-refractivity contribution is 8.00. The highest BCUT2D eigenvalue weighted by atomic mass is 35.5. The van der Waals surface area contributed by atoms with Gasteiger partial charge in [-0.15, -0.1) is 11.8 Å². The molecule has 0 bridgehead atoms. The first kappa shape index (κ1) is 17.5. The van der Waals surface area contributed by atoms with E-state index in [4.69, 9.17) is 16.3 Å². The molecule has 0 spiro atoms. The number of hydrogen-bond acceptors (Lipinski definition) is 4. The Morgan fingerprint density at radius 3 is 2.75 bits per heavy atom. The molecule has 1 heterocycles. The van der Waals surface area contributed by atoms with Crippen LogP contribution >= 0.6 is 23.4 Å². The minimum absolute atomic E-state index is 0.0531. The lowest BCUT2D eigenvalue weighted by molar-refractivity contribution is -0.118. The summed E-state index contributed by atoms with van der Waals surface area (Å²) in [5.74, 6) is 0.449. The van der Waals surface area contributed by atoms with Crippen LogP contribution in [0, 0.1) is 0 Å². The van der Waals surface area contributed by atoms with Crippen molar-refractivity contribution < 1.29 is 9.53 Å². The van der Waals surface area contributed by atoms with Gasteiger partial charge in [-0.25, -0.2) is 0 Å². The molecule has 1 saturated heterocycles. The summed E-state index contributed by atoms with van der Waals surface area (Å²) >= 11 is 7.85. The van der Waals surface area contributed by atoms with E-state index in [-0.39, 0.29) is 5.91 Å². The van der Waals surface area contributed by atoms with Crippen LogP contribution in [-0.2, 0) is 9.53 Å². The fourth-order valence-corrected chi connectivity index (χ4v) is 4.03. The molecule has 1 fully saturated rings. The van der Waals surface area contributed by atoms with Crippen LogP contribution in [0.4, 0.5) is 0 Å². The summed E-state index contributed by atoms with van der Waals surface area (Å²) in [5, 5.41) is 5.83. The standard InChI is InChI=1S/C18H21ClN2O2S/c19-15-5-1-3-14-4-2-6-16(18(14)15)24-13-17(22)20-7-8-21-9-11-23-12-10-21/h1-6H,7-13H2,(H,20,22). The van der Waals surface area contributed by atoms with Gasteiger partial charge < -0.3 is 10.1 Å². The summed E-state index contributed by atoms with van der Waals surface area (Å²) in [6.45, 7) is 5.01. The summed E-state index contributed by atoms with van der Waals surface area (Å²) in [6, 6.07) is 11.9. The van der Waals surface area contributed by atoms with E-state index in [9.17, 15) is 4.79 Å². The normalized spacial score (nSPS) is 15.5. The molecule has 0 radical (unpaired) electrons. The molecule has 0 aliphatic carbocycles. The lowest BCUT2D eigenvalue weighted by Crippen LogP contribution is -2.41. The number of nitrogens with one attached hydrogen (secondary N) is 1. The maximum atomic E-state index is 12.1. The molecule has 24 heavy (non-hydrogen) atoms. The van der Waals surface area contributed by atoms with E-state index < -0.39 is 0 Å². The van der Waals surface area contributed by atoms with E-state index in [1.165, 1.54) is 11.8 Å². The molecular weight excluding hydrogens is 344 g/mol. The zero-order valence-electron chi connectivity index (χ0n) is 13.5. The van der Waals surface area contributed by atoms with Crippen molar-refractivity contribution in [2.24, 2.45) is 0 Å². The van der Waals surface area contributed by atoms with Crippen molar-refractivity contribution in [2.75, 3.05) is 45.1 Å². The Bertz CT molecular complexity index is 699. The quantitative estimate of drug-likeness (QED) is 0.800. The van der Waals surface area contributed by atoms with Crippen LogP contribution in [0.3, 0.4) is 0 Å². The second-order valence-electron chi connectivity index (χ2n) is 5.69. The molecule has 2 aromatic rings. The highest BCUT2D eigenvalue weighted by Gasteiger charge is 2.11. The van der Waals surface area contributed by atoms with E-state index in [0.29, 0.717) is 12.3 Å². The van der Waals surface area contributed by atoms with Gasteiger partial charge in [-0.2, -0.15) is 0 Å². The first-order chi connectivity index (χ1) is 11.7. The zero-order chi connectivity index (χ0) is 16.8. The Labute approximate surface area is 151 Å². The molecule has 1 N–H and O–H groups in total. The van der Waals surface area contributed by atoms with Gasteiger partial charge in [0.05, 0.1) is 19.0 Å². The summed E-state index contributed by atoms with van der Waals surface area (Å²) in [7, 11) is 0. The van der Waals surface area contributed by atoms with Crippen molar-refractivity contribution >= 4 is 40.0 Å². The second-order valence-corrected chi connectivity index (χ2v) is 7.11. The summed E-state index contributed by atoms with van der Waals surface area (Å²) in [4.78, 5) is 15.4. The lowest BCUT2D eigenvalue weighted by atomic mass is 10.1. The van der Waals surface area contributed by atoms with Crippen LogP contribution in [0.2, 0.25) is 5.02 Å². The predicted molar refractivity (Wildman–Crippen MR) is 100.0 cm³/mol. The number of carbonyl (C=O) groups excluding carboxylic acids is 1. The predicted octanol–water partition coefficient (Wildman–Crippen LogP) is 3.03. The average molecular weight is 365 g/mol. The van der Waals surface area contributed by atoms with Crippen LogP contribution in [0.15, 0.2) is 41.3 Å². The molecule has 0 unspecified atom stereocenters. The first-order valence-electron chi connectivity index (χ1n) is 8.11. The van der Waals surface area contributed by atoms with Crippen LogP contribution in [-0.4, -0.2) is 56.0 Å². The monoisotopic (exact) mass is 364 g/mol. The Morgan fingerprint density at radius 1 is 1.21 bits per heavy atom. The molecule has 4 nitrogen and oxygen atoms in total. The number of benzene rings is 2. The largest absolute Gasteiger partial charge is 0.379 e. The van der Waals surface area contributed by atoms with Crippen molar-refractivity contribution in [3.8, 4) is 0 Å². The highest BCUT2D eigenvalue weighted by Crippen LogP contribution is 2.32. The number of rotatable bonds is 6. The number of ether oxygens (including phenoxy) is 1. The molecule has 2 aromatic carbocycles. The van der Waals surface area contributed by atoms with E-state index in [1.54, 1.807) is 0 Å². The van der Waals surface area contributed by atoms with E-state index in [0.717, 1.165) is 53.5 Å². The average Bonchev–Trinajstić information content (AvgIpc) is 2.61. The number of nitrogens with zero attached hydrogens (tertiary/aromatic N) is 1. The fourth-order valence-electron chi connectivity index (χ4n) is 2.75. The molecule has 128 valence electrons. The van der Waals surface area contributed by atoms with Crippen LogP contribution < -0.4 is 5.32 Å². The summed E-state index contributed by atoms with van der Waals surface area (Å²) < 4.78 is 5.32. The number of morpholine rings is 1. The Morgan fingerprint density at radius 2 is 1.96 bits per heavy atom.